The van der Waals surface area contributed by atoms with Crippen molar-refractivity contribution in [1.29, 1.82) is 10.5 Å². The SMILES string of the molecule is N#CC(C#N)=NOCc1nc2ccccc2s1. The third kappa shape index (κ3) is 2.57. The molecule has 1 heterocycles. The summed E-state index contributed by atoms with van der Waals surface area (Å²) in [4.78, 5) is 9.20. The maximum atomic E-state index is 8.44. The van der Waals surface area contributed by atoms with Crippen molar-refractivity contribution >= 4 is 27.3 Å². The average Bonchev–Trinajstić information content (AvgIpc) is 2.77. The number of nitrogens with zero attached hydrogens (tertiary/aromatic N) is 4. The molecule has 1 aromatic carbocycles. The highest BCUT2D eigenvalue weighted by Crippen LogP contribution is 2.21. The van der Waals surface area contributed by atoms with Gasteiger partial charge in [-0.3, -0.25) is 0 Å². The molecule has 0 N–H and O–H groups in total. The predicted octanol–water partition coefficient (Wildman–Crippen LogP) is 2.22. The van der Waals surface area contributed by atoms with Gasteiger partial charge in [-0.25, -0.2) is 4.98 Å². The first-order valence-corrected chi connectivity index (χ1v) is 5.49. The first kappa shape index (κ1) is 11.1. The van der Waals surface area contributed by atoms with Gasteiger partial charge in [-0.2, -0.15) is 10.5 Å². The zero-order chi connectivity index (χ0) is 12.1. The van der Waals surface area contributed by atoms with Crippen LogP contribution < -0.4 is 0 Å². The van der Waals surface area contributed by atoms with E-state index in [-0.39, 0.29) is 12.3 Å². The molecule has 0 bridgehead atoms. The Balaban J connectivity index is 2.08. The normalized spacial score (nSPS) is 9.29. The molecule has 0 amide bonds. The van der Waals surface area contributed by atoms with Crippen LogP contribution in [0.5, 0.6) is 0 Å². The van der Waals surface area contributed by atoms with Gasteiger partial charge in [-0.05, 0) is 12.1 Å². The highest BCUT2D eigenvalue weighted by Gasteiger charge is 2.03. The third-order valence-corrected chi connectivity index (χ3v) is 2.90. The topological polar surface area (TPSA) is 82.1 Å². The van der Waals surface area contributed by atoms with E-state index in [1.165, 1.54) is 11.3 Å². The molecule has 0 spiro atoms. The molecule has 0 saturated heterocycles. The third-order valence-electron chi connectivity index (χ3n) is 1.89. The molecule has 0 aliphatic carbocycles. The summed E-state index contributed by atoms with van der Waals surface area (Å²) in [6, 6.07) is 11.0. The van der Waals surface area contributed by atoms with Crippen LogP contribution in [0.1, 0.15) is 5.01 Å². The van der Waals surface area contributed by atoms with Crippen LogP contribution in [-0.4, -0.2) is 10.7 Å². The van der Waals surface area contributed by atoms with E-state index >= 15 is 0 Å². The number of aromatic nitrogens is 1. The van der Waals surface area contributed by atoms with E-state index < -0.39 is 0 Å². The Morgan fingerprint density at radius 1 is 1.35 bits per heavy atom. The van der Waals surface area contributed by atoms with Crippen LogP contribution in [0.4, 0.5) is 0 Å². The van der Waals surface area contributed by atoms with Crippen molar-refractivity contribution in [2.45, 2.75) is 6.61 Å². The quantitative estimate of drug-likeness (QED) is 0.610. The van der Waals surface area contributed by atoms with Crippen LogP contribution in [0.15, 0.2) is 29.4 Å². The van der Waals surface area contributed by atoms with Crippen molar-refractivity contribution in [3.63, 3.8) is 0 Å². The smallest absolute Gasteiger partial charge is 0.256 e. The largest absolute Gasteiger partial charge is 0.387 e. The molecule has 1 aromatic heterocycles. The molecular weight excluding hydrogens is 236 g/mol. The summed E-state index contributed by atoms with van der Waals surface area (Å²) in [5.74, 6) is 0. The minimum absolute atomic E-state index is 0.159. The van der Waals surface area contributed by atoms with Gasteiger partial charge < -0.3 is 4.84 Å². The molecule has 0 radical (unpaired) electrons. The Kier molecular flexibility index (Phi) is 3.29. The van der Waals surface area contributed by atoms with Crippen molar-refractivity contribution in [3.05, 3.63) is 29.3 Å². The number of benzene rings is 1. The van der Waals surface area contributed by atoms with E-state index in [1.807, 2.05) is 24.3 Å². The van der Waals surface area contributed by atoms with E-state index in [0.29, 0.717) is 0 Å². The van der Waals surface area contributed by atoms with Crippen molar-refractivity contribution in [2.75, 3.05) is 0 Å². The Morgan fingerprint density at radius 3 is 2.82 bits per heavy atom. The lowest BCUT2D eigenvalue weighted by Crippen LogP contribution is -1.92. The first-order valence-electron chi connectivity index (χ1n) is 4.68. The number of hydrogen-bond acceptors (Lipinski definition) is 6. The molecule has 0 unspecified atom stereocenters. The molecule has 2 aromatic rings. The second-order valence-electron chi connectivity index (χ2n) is 3.01. The summed E-state index contributed by atoms with van der Waals surface area (Å²) in [5, 5.41) is 21.0. The lowest BCUT2D eigenvalue weighted by Gasteiger charge is -1.92. The number of fused-ring (bicyclic) bond motifs is 1. The van der Waals surface area contributed by atoms with E-state index in [4.69, 9.17) is 15.4 Å². The highest BCUT2D eigenvalue weighted by atomic mass is 32.1. The van der Waals surface area contributed by atoms with Gasteiger partial charge in [-0.15, -0.1) is 11.3 Å². The van der Waals surface area contributed by atoms with Crippen LogP contribution in [0.25, 0.3) is 10.2 Å². The molecule has 17 heavy (non-hydrogen) atoms. The van der Waals surface area contributed by atoms with Gasteiger partial charge in [0.1, 0.15) is 17.1 Å². The van der Waals surface area contributed by atoms with Crippen LogP contribution in [0.3, 0.4) is 0 Å². The van der Waals surface area contributed by atoms with Crippen molar-refractivity contribution in [2.24, 2.45) is 5.16 Å². The minimum Gasteiger partial charge on any atom is -0.387 e. The average molecular weight is 242 g/mol. The number of nitriles is 2. The molecule has 6 heteroatoms. The summed E-state index contributed by atoms with van der Waals surface area (Å²) >= 11 is 1.49. The van der Waals surface area contributed by atoms with E-state index in [2.05, 4.69) is 10.1 Å². The fourth-order valence-corrected chi connectivity index (χ4v) is 2.07. The van der Waals surface area contributed by atoms with Gasteiger partial charge >= 0.3 is 0 Å². The molecule has 0 saturated carbocycles. The Bertz CT molecular complexity index is 598. The molecule has 0 atom stereocenters. The number of thiazole rings is 1. The second-order valence-corrected chi connectivity index (χ2v) is 4.13. The van der Waals surface area contributed by atoms with Gasteiger partial charge in [-0.1, -0.05) is 17.3 Å². The standard InChI is InChI=1S/C11H6N4OS/c12-5-8(6-13)15-16-7-11-14-9-3-1-2-4-10(9)17-11/h1-4H,7H2. The maximum Gasteiger partial charge on any atom is 0.256 e. The van der Waals surface area contributed by atoms with Gasteiger partial charge in [0.2, 0.25) is 0 Å². The number of para-hydroxylation sites is 1. The van der Waals surface area contributed by atoms with E-state index in [9.17, 15) is 0 Å². The van der Waals surface area contributed by atoms with Gasteiger partial charge in [0.25, 0.3) is 5.71 Å². The Labute approximate surface area is 101 Å². The lowest BCUT2D eigenvalue weighted by atomic mass is 10.3. The zero-order valence-corrected chi connectivity index (χ0v) is 9.44. The fourth-order valence-electron chi connectivity index (χ4n) is 1.20. The maximum absolute atomic E-state index is 8.44. The van der Waals surface area contributed by atoms with Crippen molar-refractivity contribution in [1.82, 2.24) is 4.98 Å². The van der Waals surface area contributed by atoms with Crippen LogP contribution >= 0.6 is 11.3 Å². The Morgan fingerprint density at radius 2 is 2.12 bits per heavy atom. The summed E-state index contributed by atoms with van der Waals surface area (Å²) < 4.78 is 1.07. The second kappa shape index (κ2) is 5.06. The molecule has 2 rings (SSSR count). The molecule has 82 valence electrons. The van der Waals surface area contributed by atoms with Crippen molar-refractivity contribution in [3.8, 4) is 12.1 Å². The summed E-state index contributed by atoms with van der Waals surface area (Å²) in [7, 11) is 0. The molecule has 0 aliphatic heterocycles. The first-order chi connectivity index (χ1) is 8.33. The Hall–Kier alpha value is -2.44. The number of hydrogen-bond donors (Lipinski definition) is 0. The van der Waals surface area contributed by atoms with Crippen LogP contribution in [-0.2, 0) is 11.4 Å². The van der Waals surface area contributed by atoms with Crippen LogP contribution in [0.2, 0.25) is 0 Å². The van der Waals surface area contributed by atoms with E-state index in [1.54, 1.807) is 12.1 Å². The highest BCUT2D eigenvalue weighted by molar-refractivity contribution is 7.18. The monoisotopic (exact) mass is 242 g/mol. The zero-order valence-electron chi connectivity index (χ0n) is 8.62. The number of rotatable bonds is 3. The van der Waals surface area contributed by atoms with Crippen LogP contribution in [0, 0.1) is 22.7 Å². The fraction of sp³-hybridized carbons (Fsp3) is 0.0909. The summed E-state index contributed by atoms with van der Waals surface area (Å²) in [5.41, 5.74) is 0.604. The molecule has 5 nitrogen and oxygen atoms in total. The molecule has 0 aliphatic rings. The van der Waals surface area contributed by atoms with Crippen molar-refractivity contribution < 1.29 is 4.84 Å². The summed E-state index contributed by atoms with van der Waals surface area (Å²) in [6.07, 6.45) is 0. The minimum atomic E-state index is -0.300. The van der Waals surface area contributed by atoms with Gasteiger partial charge in [0.15, 0.2) is 6.61 Å². The van der Waals surface area contributed by atoms with Gasteiger partial charge in [0.05, 0.1) is 10.2 Å². The van der Waals surface area contributed by atoms with E-state index in [0.717, 1.165) is 15.2 Å². The predicted molar refractivity (Wildman–Crippen MR) is 63.1 cm³/mol. The molecule has 0 fully saturated rings. The summed E-state index contributed by atoms with van der Waals surface area (Å²) in [6.45, 7) is 0.159. The molecular formula is C11H6N4OS. The lowest BCUT2D eigenvalue weighted by molar-refractivity contribution is 0.131. The number of oxime groups is 1. The van der Waals surface area contributed by atoms with Gasteiger partial charge in [0, 0.05) is 0 Å².